The van der Waals surface area contributed by atoms with Crippen LogP contribution < -0.4 is 15.8 Å². The highest BCUT2D eigenvalue weighted by Gasteiger charge is 2.19. The first-order valence-corrected chi connectivity index (χ1v) is 9.97. The Morgan fingerprint density at radius 3 is 2.84 bits per heavy atom. The fourth-order valence-corrected chi connectivity index (χ4v) is 3.26. The van der Waals surface area contributed by atoms with Crippen molar-refractivity contribution >= 4 is 28.4 Å². The number of hydrogen-bond donors (Lipinski definition) is 2. The first-order chi connectivity index (χ1) is 14.9. The van der Waals surface area contributed by atoms with Crippen LogP contribution in [0.25, 0.3) is 22.6 Å². The van der Waals surface area contributed by atoms with Crippen LogP contribution in [0.2, 0.25) is 0 Å². The Morgan fingerprint density at radius 2 is 2.13 bits per heavy atom. The van der Waals surface area contributed by atoms with Gasteiger partial charge in [-0.25, -0.2) is 14.6 Å². The minimum absolute atomic E-state index is 0.0345. The number of carbonyl (C=O) groups excluding carboxylic acids is 1. The third-order valence-corrected chi connectivity index (χ3v) is 4.59. The van der Waals surface area contributed by atoms with Crippen LogP contribution in [0, 0.1) is 5.92 Å². The molecule has 10 nitrogen and oxygen atoms in total. The maximum Gasteiger partial charge on any atom is 0.224 e. The average molecular weight is 421 g/mol. The Kier molecular flexibility index (Phi) is 5.52. The maximum atomic E-state index is 12.0. The van der Waals surface area contributed by atoms with Gasteiger partial charge >= 0.3 is 0 Å². The number of rotatable bonds is 7. The predicted molar refractivity (Wildman–Crippen MR) is 116 cm³/mol. The molecule has 4 rings (SSSR count). The highest BCUT2D eigenvalue weighted by Crippen LogP contribution is 2.29. The fourth-order valence-electron chi connectivity index (χ4n) is 3.26. The summed E-state index contributed by atoms with van der Waals surface area (Å²) >= 11 is 0. The van der Waals surface area contributed by atoms with Gasteiger partial charge in [-0.2, -0.15) is 0 Å². The van der Waals surface area contributed by atoms with E-state index >= 15 is 0 Å². The molecule has 0 unspecified atom stereocenters. The van der Waals surface area contributed by atoms with E-state index in [1.54, 1.807) is 24.4 Å². The quantitative estimate of drug-likeness (QED) is 0.459. The van der Waals surface area contributed by atoms with Crippen molar-refractivity contribution < 1.29 is 14.2 Å². The van der Waals surface area contributed by atoms with Gasteiger partial charge in [0.1, 0.15) is 11.3 Å². The number of anilines is 2. The minimum atomic E-state index is -0.0345. The van der Waals surface area contributed by atoms with Crippen LogP contribution in [-0.2, 0) is 11.3 Å². The van der Waals surface area contributed by atoms with Gasteiger partial charge in [0.15, 0.2) is 17.3 Å². The Labute approximate surface area is 178 Å². The standard InChI is InChI=1S/C21H23N7O3/c1-4-28-16-10-18(23-11-15(16)25-21(28)19-20(22)27-31-26-19)30-14-7-5-6-13(9-14)24-17(29)8-12(2)3/h5-7,9-12H,4,8H2,1-3H3,(H2,22,27)(H,24,29). The SMILES string of the molecule is CCn1c(-c2nonc2N)nc2cnc(Oc3cccc(NC(=O)CC(C)C)c3)cc21. The largest absolute Gasteiger partial charge is 0.439 e. The van der Waals surface area contributed by atoms with Crippen molar-refractivity contribution in [3.8, 4) is 23.1 Å². The van der Waals surface area contributed by atoms with Gasteiger partial charge in [-0.15, -0.1) is 0 Å². The number of pyridine rings is 1. The number of benzene rings is 1. The van der Waals surface area contributed by atoms with Gasteiger partial charge in [0.2, 0.25) is 11.8 Å². The van der Waals surface area contributed by atoms with Crippen molar-refractivity contribution in [2.75, 3.05) is 11.1 Å². The second-order valence-electron chi connectivity index (χ2n) is 7.47. The zero-order chi connectivity index (χ0) is 22.0. The summed E-state index contributed by atoms with van der Waals surface area (Å²) in [5.74, 6) is 1.92. The van der Waals surface area contributed by atoms with Crippen LogP contribution in [0.15, 0.2) is 41.2 Å². The molecule has 0 saturated heterocycles. The van der Waals surface area contributed by atoms with E-state index in [0.717, 1.165) is 5.52 Å². The molecule has 3 heterocycles. The van der Waals surface area contributed by atoms with Gasteiger partial charge in [0, 0.05) is 30.8 Å². The lowest BCUT2D eigenvalue weighted by Crippen LogP contribution is -2.13. The van der Waals surface area contributed by atoms with Crippen LogP contribution in [0.5, 0.6) is 11.6 Å². The van der Waals surface area contributed by atoms with Gasteiger partial charge < -0.3 is 20.4 Å². The number of nitrogens with one attached hydrogen (secondary N) is 1. The normalized spacial score (nSPS) is 11.2. The number of amides is 1. The van der Waals surface area contributed by atoms with Gasteiger partial charge in [-0.05, 0) is 35.3 Å². The van der Waals surface area contributed by atoms with Gasteiger partial charge in [-0.1, -0.05) is 19.9 Å². The topological polar surface area (TPSA) is 134 Å². The smallest absolute Gasteiger partial charge is 0.224 e. The number of nitrogens with two attached hydrogens (primary N) is 1. The van der Waals surface area contributed by atoms with Crippen molar-refractivity contribution in [1.82, 2.24) is 24.8 Å². The molecule has 0 saturated carbocycles. The first-order valence-electron chi connectivity index (χ1n) is 9.97. The third kappa shape index (κ3) is 4.32. The van der Waals surface area contributed by atoms with E-state index in [-0.39, 0.29) is 17.6 Å². The highest BCUT2D eigenvalue weighted by molar-refractivity contribution is 5.91. The van der Waals surface area contributed by atoms with E-state index in [9.17, 15) is 4.79 Å². The van der Waals surface area contributed by atoms with Gasteiger partial charge in [0.25, 0.3) is 0 Å². The van der Waals surface area contributed by atoms with E-state index in [4.69, 9.17) is 15.1 Å². The second kappa shape index (κ2) is 8.42. The Balaban J connectivity index is 1.60. The predicted octanol–water partition coefficient (Wildman–Crippen LogP) is 3.86. The van der Waals surface area contributed by atoms with E-state index in [1.807, 2.05) is 37.5 Å². The lowest BCUT2D eigenvalue weighted by Gasteiger charge is -2.10. The minimum Gasteiger partial charge on any atom is -0.439 e. The van der Waals surface area contributed by atoms with Crippen LogP contribution in [0.1, 0.15) is 27.2 Å². The number of ether oxygens (including phenoxy) is 1. The van der Waals surface area contributed by atoms with Crippen molar-refractivity contribution in [2.24, 2.45) is 5.92 Å². The molecule has 0 aliphatic carbocycles. The lowest BCUT2D eigenvalue weighted by molar-refractivity contribution is -0.116. The number of carbonyl (C=O) groups is 1. The summed E-state index contributed by atoms with van der Waals surface area (Å²) in [4.78, 5) is 20.9. The van der Waals surface area contributed by atoms with Crippen LogP contribution in [0.4, 0.5) is 11.5 Å². The van der Waals surface area contributed by atoms with Gasteiger partial charge in [-0.3, -0.25) is 4.79 Å². The molecule has 0 fully saturated rings. The molecule has 3 N–H and O–H groups in total. The molecular formula is C21H23N7O3. The number of fused-ring (bicyclic) bond motifs is 1. The zero-order valence-electron chi connectivity index (χ0n) is 17.5. The summed E-state index contributed by atoms with van der Waals surface area (Å²) in [6.07, 6.45) is 2.08. The van der Waals surface area contributed by atoms with E-state index in [2.05, 4.69) is 25.6 Å². The van der Waals surface area contributed by atoms with Crippen molar-refractivity contribution in [3.05, 3.63) is 36.5 Å². The fraction of sp³-hybridized carbons (Fsp3) is 0.286. The number of aromatic nitrogens is 5. The summed E-state index contributed by atoms with van der Waals surface area (Å²) in [6, 6.07) is 8.98. The molecule has 0 aliphatic heterocycles. The van der Waals surface area contributed by atoms with Crippen LogP contribution >= 0.6 is 0 Å². The number of nitrogen functional groups attached to an aromatic ring is 1. The monoisotopic (exact) mass is 421 g/mol. The molecule has 3 aromatic heterocycles. The summed E-state index contributed by atoms with van der Waals surface area (Å²) < 4.78 is 12.6. The molecule has 31 heavy (non-hydrogen) atoms. The molecule has 0 radical (unpaired) electrons. The third-order valence-electron chi connectivity index (χ3n) is 4.59. The highest BCUT2D eigenvalue weighted by atomic mass is 16.6. The Bertz CT molecular complexity index is 1230. The Morgan fingerprint density at radius 1 is 1.29 bits per heavy atom. The average Bonchev–Trinajstić information content (AvgIpc) is 3.29. The van der Waals surface area contributed by atoms with E-state index in [0.29, 0.717) is 47.3 Å². The van der Waals surface area contributed by atoms with E-state index < -0.39 is 0 Å². The zero-order valence-corrected chi connectivity index (χ0v) is 17.5. The summed E-state index contributed by atoms with van der Waals surface area (Å²) in [5, 5.41) is 10.4. The number of hydrogen-bond acceptors (Lipinski definition) is 8. The van der Waals surface area contributed by atoms with Crippen molar-refractivity contribution in [3.63, 3.8) is 0 Å². The second-order valence-corrected chi connectivity index (χ2v) is 7.47. The molecular weight excluding hydrogens is 398 g/mol. The van der Waals surface area contributed by atoms with Crippen LogP contribution in [0.3, 0.4) is 0 Å². The number of nitrogens with zero attached hydrogens (tertiary/aromatic N) is 5. The number of aryl methyl sites for hydroxylation is 1. The van der Waals surface area contributed by atoms with Gasteiger partial charge in [0.05, 0.1) is 11.7 Å². The molecule has 4 aromatic rings. The molecule has 0 bridgehead atoms. The molecule has 10 heteroatoms. The first kappa shape index (κ1) is 20.3. The summed E-state index contributed by atoms with van der Waals surface area (Å²) in [5.41, 5.74) is 8.36. The molecule has 0 aliphatic rings. The molecule has 0 atom stereocenters. The number of imidazole rings is 1. The summed E-state index contributed by atoms with van der Waals surface area (Å²) in [7, 11) is 0. The van der Waals surface area contributed by atoms with Crippen LogP contribution in [-0.4, -0.2) is 30.8 Å². The van der Waals surface area contributed by atoms with Crippen molar-refractivity contribution in [1.29, 1.82) is 0 Å². The van der Waals surface area contributed by atoms with E-state index in [1.165, 1.54) is 0 Å². The van der Waals surface area contributed by atoms with Crippen molar-refractivity contribution in [2.45, 2.75) is 33.7 Å². The molecule has 1 aromatic carbocycles. The molecule has 160 valence electrons. The molecule has 1 amide bonds. The lowest BCUT2D eigenvalue weighted by atomic mass is 10.1. The molecule has 0 spiro atoms. The summed E-state index contributed by atoms with van der Waals surface area (Å²) in [6.45, 7) is 6.61. The maximum absolute atomic E-state index is 12.0. The Hall–Kier alpha value is -3.95.